The SMILES string of the molecule is COc1ccc2c(c1)[nH]c(=S)n2CC(C)N(C)C. The zero-order chi connectivity index (χ0) is 13.3. The molecule has 0 bridgehead atoms. The summed E-state index contributed by atoms with van der Waals surface area (Å²) in [5, 5.41) is 0. The molecule has 0 saturated heterocycles. The molecular weight excluding hydrogens is 246 g/mol. The Balaban J connectivity index is 2.45. The lowest BCUT2D eigenvalue weighted by Crippen LogP contribution is -2.29. The Morgan fingerprint density at radius 3 is 2.78 bits per heavy atom. The quantitative estimate of drug-likeness (QED) is 0.863. The van der Waals surface area contributed by atoms with Crippen LogP contribution in [0.4, 0.5) is 0 Å². The maximum atomic E-state index is 5.39. The summed E-state index contributed by atoms with van der Waals surface area (Å²) < 4.78 is 8.11. The largest absolute Gasteiger partial charge is 0.497 e. The summed E-state index contributed by atoms with van der Waals surface area (Å²) in [7, 11) is 5.82. The fraction of sp³-hybridized carbons (Fsp3) is 0.462. The minimum Gasteiger partial charge on any atom is -0.497 e. The maximum absolute atomic E-state index is 5.39. The molecule has 0 amide bonds. The molecule has 4 nitrogen and oxygen atoms in total. The molecule has 0 saturated carbocycles. The van der Waals surface area contributed by atoms with Gasteiger partial charge in [0.05, 0.1) is 18.1 Å². The predicted molar refractivity (Wildman–Crippen MR) is 76.8 cm³/mol. The number of fused-ring (bicyclic) bond motifs is 1. The van der Waals surface area contributed by atoms with Crippen LogP contribution in [0.5, 0.6) is 5.75 Å². The predicted octanol–water partition coefficient (Wildman–Crippen LogP) is 2.66. The van der Waals surface area contributed by atoms with Crippen LogP contribution < -0.4 is 4.74 Å². The minimum atomic E-state index is 0.429. The van der Waals surface area contributed by atoms with Crippen LogP contribution in [0.15, 0.2) is 18.2 Å². The van der Waals surface area contributed by atoms with Gasteiger partial charge < -0.3 is 19.2 Å². The minimum absolute atomic E-state index is 0.429. The molecule has 0 aliphatic carbocycles. The lowest BCUT2D eigenvalue weighted by atomic mass is 10.2. The molecule has 1 aromatic carbocycles. The van der Waals surface area contributed by atoms with Gasteiger partial charge in [0.2, 0.25) is 0 Å². The Morgan fingerprint density at radius 1 is 1.44 bits per heavy atom. The topological polar surface area (TPSA) is 33.2 Å². The lowest BCUT2D eigenvalue weighted by Gasteiger charge is -2.20. The number of imidazole rings is 1. The van der Waals surface area contributed by atoms with Gasteiger partial charge in [0, 0.05) is 18.7 Å². The molecule has 0 spiro atoms. The molecule has 18 heavy (non-hydrogen) atoms. The molecule has 0 aliphatic rings. The number of hydrogen-bond acceptors (Lipinski definition) is 3. The van der Waals surface area contributed by atoms with E-state index in [9.17, 15) is 0 Å². The summed E-state index contributed by atoms with van der Waals surface area (Å²) in [4.78, 5) is 5.41. The first-order valence-corrected chi connectivity index (χ1v) is 6.36. The fourth-order valence-corrected chi connectivity index (χ4v) is 2.16. The first kappa shape index (κ1) is 13.1. The Labute approximate surface area is 112 Å². The van der Waals surface area contributed by atoms with Crippen molar-refractivity contribution in [3.63, 3.8) is 0 Å². The monoisotopic (exact) mass is 265 g/mol. The zero-order valence-electron chi connectivity index (χ0n) is 11.2. The van der Waals surface area contributed by atoms with Crippen LogP contribution in [0.25, 0.3) is 11.0 Å². The molecule has 2 aromatic rings. The standard InChI is InChI=1S/C13H19N3OS/c1-9(15(2)3)8-16-12-6-5-10(17-4)7-11(12)14-13(16)18/h5-7,9H,8H2,1-4H3,(H,14,18). The van der Waals surface area contributed by atoms with Crippen molar-refractivity contribution in [1.29, 1.82) is 0 Å². The van der Waals surface area contributed by atoms with Gasteiger partial charge >= 0.3 is 0 Å². The number of nitrogens with zero attached hydrogens (tertiary/aromatic N) is 2. The van der Waals surface area contributed by atoms with Crippen molar-refractivity contribution in [2.75, 3.05) is 21.2 Å². The average molecular weight is 265 g/mol. The smallest absolute Gasteiger partial charge is 0.178 e. The van der Waals surface area contributed by atoms with Gasteiger partial charge in [-0.05, 0) is 45.4 Å². The van der Waals surface area contributed by atoms with Crippen molar-refractivity contribution in [3.8, 4) is 5.75 Å². The van der Waals surface area contributed by atoms with Gasteiger partial charge in [0.15, 0.2) is 4.77 Å². The molecular formula is C13H19N3OS. The number of hydrogen-bond donors (Lipinski definition) is 1. The van der Waals surface area contributed by atoms with E-state index in [-0.39, 0.29) is 0 Å². The van der Waals surface area contributed by atoms with Gasteiger partial charge in [-0.15, -0.1) is 0 Å². The van der Waals surface area contributed by atoms with E-state index < -0.39 is 0 Å². The number of ether oxygens (including phenoxy) is 1. The van der Waals surface area contributed by atoms with Gasteiger partial charge in [0.25, 0.3) is 0 Å². The van der Waals surface area contributed by atoms with Gasteiger partial charge in [-0.3, -0.25) is 0 Å². The van der Waals surface area contributed by atoms with Crippen LogP contribution in [0.2, 0.25) is 0 Å². The summed E-state index contributed by atoms with van der Waals surface area (Å²) in [6.07, 6.45) is 0. The highest BCUT2D eigenvalue weighted by Gasteiger charge is 2.10. The number of methoxy groups -OCH3 is 1. The maximum Gasteiger partial charge on any atom is 0.178 e. The normalized spacial score (nSPS) is 13.2. The number of rotatable bonds is 4. The molecule has 98 valence electrons. The first-order valence-electron chi connectivity index (χ1n) is 5.96. The third kappa shape index (κ3) is 2.42. The van der Waals surface area contributed by atoms with Gasteiger partial charge in [0.1, 0.15) is 5.75 Å². The first-order chi connectivity index (χ1) is 8.52. The van der Waals surface area contributed by atoms with Crippen molar-refractivity contribution in [1.82, 2.24) is 14.5 Å². The van der Waals surface area contributed by atoms with E-state index in [4.69, 9.17) is 17.0 Å². The van der Waals surface area contributed by atoms with E-state index in [2.05, 4.69) is 35.5 Å². The molecule has 2 rings (SSSR count). The van der Waals surface area contributed by atoms with E-state index in [1.807, 2.05) is 18.2 Å². The molecule has 1 heterocycles. The number of aromatic nitrogens is 2. The van der Waals surface area contributed by atoms with Crippen LogP contribution in [0.1, 0.15) is 6.92 Å². The molecule has 1 unspecified atom stereocenters. The second-order valence-corrected chi connectivity index (χ2v) is 5.12. The summed E-state index contributed by atoms with van der Waals surface area (Å²) in [6, 6.07) is 6.41. The van der Waals surface area contributed by atoms with Crippen molar-refractivity contribution in [3.05, 3.63) is 23.0 Å². The fourth-order valence-electron chi connectivity index (χ4n) is 1.88. The number of H-pyrrole nitrogens is 1. The second-order valence-electron chi connectivity index (χ2n) is 4.74. The van der Waals surface area contributed by atoms with Crippen LogP contribution >= 0.6 is 12.2 Å². The number of nitrogens with one attached hydrogen (secondary N) is 1. The van der Waals surface area contributed by atoms with E-state index in [1.165, 1.54) is 0 Å². The van der Waals surface area contributed by atoms with Gasteiger partial charge in [-0.1, -0.05) is 0 Å². The van der Waals surface area contributed by atoms with Crippen molar-refractivity contribution < 1.29 is 4.74 Å². The summed E-state index contributed by atoms with van der Waals surface area (Å²) in [6.45, 7) is 3.06. The highest BCUT2D eigenvalue weighted by molar-refractivity contribution is 7.71. The van der Waals surface area contributed by atoms with Crippen LogP contribution in [0, 0.1) is 4.77 Å². The number of benzene rings is 1. The summed E-state index contributed by atoms with van der Waals surface area (Å²) >= 11 is 5.39. The molecule has 1 N–H and O–H groups in total. The second kappa shape index (κ2) is 5.12. The average Bonchev–Trinajstić information content (AvgIpc) is 2.64. The Morgan fingerprint density at radius 2 is 2.17 bits per heavy atom. The van der Waals surface area contributed by atoms with E-state index in [0.717, 1.165) is 28.1 Å². The van der Waals surface area contributed by atoms with E-state index >= 15 is 0 Å². The van der Waals surface area contributed by atoms with Gasteiger partial charge in [-0.2, -0.15) is 0 Å². The Kier molecular flexibility index (Phi) is 3.73. The highest BCUT2D eigenvalue weighted by atomic mass is 32.1. The number of aromatic amines is 1. The molecule has 0 fully saturated rings. The molecule has 1 atom stereocenters. The van der Waals surface area contributed by atoms with Crippen LogP contribution in [-0.2, 0) is 6.54 Å². The number of likely N-dealkylation sites (N-methyl/N-ethyl adjacent to an activating group) is 1. The molecule has 1 aromatic heterocycles. The Bertz CT molecular complexity index is 600. The third-order valence-electron chi connectivity index (χ3n) is 3.31. The van der Waals surface area contributed by atoms with Crippen molar-refractivity contribution >= 4 is 23.3 Å². The van der Waals surface area contributed by atoms with Crippen LogP contribution in [0.3, 0.4) is 0 Å². The van der Waals surface area contributed by atoms with Crippen molar-refractivity contribution in [2.24, 2.45) is 0 Å². The van der Waals surface area contributed by atoms with Crippen molar-refractivity contribution in [2.45, 2.75) is 19.5 Å². The van der Waals surface area contributed by atoms with Crippen LogP contribution in [-0.4, -0.2) is 41.7 Å². The van der Waals surface area contributed by atoms with E-state index in [1.54, 1.807) is 7.11 Å². The molecule has 0 aliphatic heterocycles. The summed E-state index contributed by atoms with van der Waals surface area (Å²) in [5.41, 5.74) is 2.14. The molecule has 5 heteroatoms. The van der Waals surface area contributed by atoms with Gasteiger partial charge in [-0.25, -0.2) is 0 Å². The third-order valence-corrected chi connectivity index (χ3v) is 3.63. The highest BCUT2D eigenvalue weighted by Crippen LogP contribution is 2.21. The van der Waals surface area contributed by atoms with E-state index in [0.29, 0.717) is 6.04 Å². The lowest BCUT2D eigenvalue weighted by molar-refractivity contribution is 0.285. The zero-order valence-corrected chi connectivity index (χ0v) is 12.0. The molecule has 0 radical (unpaired) electrons. The Hall–Kier alpha value is -1.33. The summed E-state index contributed by atoms with van der Waals surface area (Å²) in [5.74, 6) is 0.839.